The normalized spacial score (nSPS) is 21.7. The highest BCUT2D eigenvalue weighted by atomic mass is 16.6. The molecular weight excluding hydrogens is 266 g/mol. The maximum atomic E-state index is 11.1. The van der Waals surface area contributed by atoms with Crippen molar-refractivity contribution in [2.24, 2.45) is 0 Å². The SMILES string of the molecule is CNc1ncnc(NCC2(OC)CCOC2)c1[N+](=O)[O-]. The van der Waals surface area contributed by atoms with Crippen LogP contribution in [0.25, 0.3) is 0 Å². The molecule has 0 amide bonds. The van der Waals surface area contributed by atoms with Gasteiger partial charge in [0.25, 0.3) is 0 Å². The third kappa shape index (κ3) is 2.78. The van der Waals surface area contributed by atoms with Crippen LogP contribution >= 0.6 is 0 Å². The average Bonchev–Trinajstić information content (AvgIpc) is 2.93. The molecule has 1 saturated heterocycles. The van der Waals surface area contributed by atoms with Gasteiger partial charge in [0.05, 0.1) is 11.5 Å². The number of nitro groups is 1. The third-order valence-corrected chi connectivity index (χ3v) is 3.32. The van der Waals surface area contributed by atoms with E-state index in [-0.39, 0.29) is 17.3 Å². The van der Waals surface area contributed by atoms with Crippen molar-refractivity contribution in [2.45, 2.75) is 12.0 Å². The van der Waals surface area contributed by atoms with Crippen molar-refractivity contribution in [2.75, 3.05) is 44.5 Å². The van der Waals surface area contributed by atoms with Crippen LogP contribution in [0.4, 0.5) is 17.3 Å². The second kappa shape index (κ2) is 5.97. The van der Waals surface area contributed by atoms with E-state index in [1.807, 2.05) is 0 Å². The summed E-state index contributed by atoms with van der Waals surface area (Å²) < 4.78 is 10.8. The Hall–Kier alpha value is -2.00. The fraction of sp³-hybridized carbons (Fsp3) is 0.636. The summed E-state index contributed by atoms with van der Waals surface area (Å²) in [6, 6.07) is 0. The minimum atomic E-state index is -0.515. The molecule has 1 aromatic rings. The summed E-state index contributed by atoms with van der Waals surface area (Å²) in [7, 11) is 3.17. The summed E-state index contributed by atoms with van der Waals surface area (Å²) in [6.07, 6.45) is 2.00. The number of aromatic nitrogens is 2. The van der Waals surface area contributed by atoms with Crippen LogP contribution in [-0.2, 0) is 9.47 Å². The number of anilines is 2. The summed E-state index contributed by atoms with van der Waals surface area (Å²) in [4.78, 5) is 18.4. The molecule has 1 aliphatic rings. The molecule has 0 aliphatic carbocycles. The van der Waals surface area contributed by atoms with Gasteiger partial charge in [0.2, 0.25) is 11.6 Å². The van der Waals surface area contributed by atoms with E-state index in [2.05, 4.69) is 20.6 Å². The number of nitrogens with zero attached hydrogens (tertiary/aromatic N) is 3. The molecule has 0 radical (unpaired) electrons. The van der Waals surface area contributed by atoms with E-state index >= 15 is 0 Å². The maximum Gasteiger partial charge on any atom is 0.353 e. The monoisotopic (exact) mass is 283 g/mol. The highest BCUT2D eigenvalue weighted by molar-refractivity contribution is 5.69. The van der Waals surface area contributed by atoms with Gasteiger partial charge in [-0.2, -0.15) is 0 Å². The number of rotatable bonds is 6. The Balaban J connectivity index is 2.19. The largest absolute Gasteiger partial charge is 0.378 e. The van der Waals surface area contributed by atoms with E-state index in [9.17, 15) is 10.1 Å². The standard InChI is InChI=1S/C11H17N5O4/c1-12-9-8(16(17)18)10(15-7-14-9)13-5-11(19-2)3-4-20-6-11/h7H,3-6H2,1-2H3,(H2,12,13,14,15). The van der Waals surface area contributed by atoms with Crippen LogP contribution < -0.4 is 10.6 Å². The molecule has 0 aromatic carbocycles. The summed E-state index contributed by atoms with van der Waals surface area (Å²) in [6.45, 7) is 1.45. The molecule has 2 N–H and O–H groups in total. The quantitative estimate of drug-likeness (QED) is 0.578. The van der Waals surface area contributed by atoms with Gasteiger partial charge >= 0.3 is 5.69 Å². The van der Waals surface area contributed by atoms with Crippen molar-refractivity contribution >= 4 is 17.3 Å². The third-order valence-electron chi connectivity index (χ3n) is 3.32. The summed E-state index contributed by atoms with van der Waals surface area (Å²) in [5.74, 6) is 0.333. The van der Waals surface area contributed by atoms with Gasteiger partial charge in [0.15, 0.2) is 0 Å². The lowest BCUT2D eigenvalue weighted by Crippen LogP contribution is -2.39. The second-order valence-electron chi connectivity index (χ2n) is 4.47. The molecule has 2 heterocycles. The van der Waals surface area contributed by atoms with Crippen molar-refractivity contribution in [3.05, 3.63) is 16.4 Å². The Morgan fingerprint density at radius 1 is 1.55 bits per heavy atom. The van der Waals surface area contributed by atoms with E-state index in [1.54, 1.807) is 14.2 Å². The molecule has 1 aromatic heterocycles. The molecular formula is C11H17N5O4. The Kier molecular flexibility index (Phi) is 4.30. The molecule has 9 heteroatoms. The van der Waals surface area contributed by atoms with Crippen molar-refractivity contribution in [3.63, 3.8) is 0 Å². The van der Waals surface area contributed by atoms with Crippen molar-refractivity contribution in [1.82, 2.24) is 9.97 Å². The van der Waals surface area contributed by atoms with Gasteiger partial charge < -0.3 is 20.1 Å². The molecule has 1 unspecified atom stereocenters. The first-order valence-corrected chi connectivity index (χ1v) is 6.16. The van der Waals surface area contributed by atoms with E-state index in [4.69, 9.17) is 9.47 Å². The molecule has 2 rings (SSSR count). The molecule has 1 fully saturated rings. The minimum Gasteiger partial charge on any atom is -0.378 e. The van der Waals surface area contributed by atoms with Gasteiger partial charge in [-0.05, 0) is 0 Å². The first-order chi connectivity index (χ1) is 9.62. The lowest BCUT2D eigenvalue weighted by molar-refractivity contribution is -0.383. The van der Waals surface area contributed by atoms with Crippen molar-refractivity contribution in [3.8, 4) is 0 Å². The van der Waals surface area contributed by atoms with Crippen LogP contribution in [0.3, 0.4) is 0 Å². The van der Waals surface area contributed by atoms with Crippen LogP contribution in [-0.4, -0.2) is 54.4 Å². The molecule has 9 nitrogen and oxygen atoms in total. The highest BCUT2D eigenvalue weighted by Gasteiger charge is 2.35. The summed E-state index contributed by atoms with van der Waals surface area (Å²) in [5, 5.41) is 16.8. The number of ether oxygens (including phenoxy) is 2. The Labute approximate surface area is 115 Å². The molecule has 1 atom stereocenters. The molecule has 0 bridgehead atoms. The topological polar surface area (TPSA) is 111 Å². The maximum absolute atomic E-state index is 11.1. The van der Waals surface area contributed by atoms with E-state index in [0.717, 1.165) is 6.42 Å². The smallest absolute Gasteiger partial charge is 0.353 e. The molecule has 0 saturated carbocycles. The van der Waals surface area contributed by atoms with E-state index < -0.39 is 10.5 Å². The fourth-order valence-corrected chi connectivity index (χ4v) is 2.07. The van der Waals surface area contributed by atoms with Crippen molar-refractivity contribution in [1.29, 1.82) is 0 Å². The average molecular weight is 283 g/mol. The molecule has 0 spiro atoms. The Morgan fingerprint density at radius 2 is 2.30 bits per heavy atom. The van der Waals surface area contributed by atoms with Crippen LogP contribution in [0.5, 0.6) is 0 Å². The zero-order valence-corrected chi connectivity index (χ0v) is 11.4. The van der Waals surface area contributed by atoms with Gasteiger partial charge in [-0.15, -0.1) is 0 Å². The lowest BCUT2D eigenvalue weighted by atomic mass is 10.0. The van der Waals surface area contributed by atoms with Gasteiger partial charge in [-0.25, -0.2) is 9.97 Å². The zero-order chi connectivity index (χ0) is 14.6. The molecule has 1 aliphatic heterocycles. The first kappa shape index (κ1) is 14.4. The van der Waals surface area contributed by atoms with Gasteiger partial charge in [0, 0.05) is 33.7 Å². The second-order valence-corrected chi connectivity index (χ2v) is 4.47. The van der Waals surface area contributed by atoms with Crippen LogP contribution in [0.15, 0.2) is 6.33 Å². The van der Waals surface area contributed by atoms with E-state index in [1.165, 1.54) is 6.33 Å². The predicted molar refractivity (Wildman–Crippen MR) is 71.9 cm³/mol. The minimum absolute atomic E-state index is 0.165. The number of hydrogen-bond donors (Lipinski definition) is 2. The molecule has 20 heavy (non-hydrogen) atoms. The van der Waals surface area contributed by atoms with Gasteiger partial charge in [0.1, 0.15) is 11.9 Å². The van der Waals surface area contributed by atoms with E-state index in [0.29, 0.717) is 19.8 Å². The first-order valence-electron chi connectivity index (χ1n) is 6.16. The van der Waals surface area contributed by atoms with Crippen LogP contribution in [0.2, 0.25) is 0 Å². The predicted octanol–water partition coefficient (Wildman–Crippen LogP) is 0.644. The number of hydrogen-bond acceptors (Lipinski definition) is 8. The fourth-order valence-electron chi connectivity index (χ4n) is 2.07. The van der Waals surface area contributed by atoms with Gasteiger partial charge in [-0.3, -0.25) is 10.1 Å². The molecule has 110 valence electrons. The summed E-state index contributed by atoms with van der Waals surface area (Å²) in [5.41, 5.74) is -0.654. The van der Waals surface area contributed by atoms with Crippen molar-refractivity contribution < 1.29 is 14.4 Å². The van der Waals surface area contributed by atoms with Gasteiger partial charge in [-0.1, -0.05) is 0 Å². The zero-order valence-electron chi connectivity index (χ0n) is 11.4. The number of nitrogens with one attached hydrogen (secondary N) is 2. The Bertz CT molecular complexity index is 490. The summed E-state index contributed by atoms with van der Waals surface area (Å²) >= 11 is 0. The Morgan fingerprint density at radius 3 is 2.85 bits per heavy atom. The van der Waals surface area contributed by atoms with Crippen LogP contribution in [0, 0.1) is 10.1 Å². The lowest BCUT2D eigenvalue weighted by Gasteiger charge is -2.26. The van der Waals surface area contributed by atoms with Crippen LogP contribution in [0.1, 0.15) is 6.42 Å². The number of methoxy groups -OCH3 is 1. The highest BCUT2D eigenvalue weighted by Crippen LogP contribution is 2.30.